The second kappa shape index (κ2) is 7.88. The smallest absolute Gasteiger partial charge is 0.260 e. The summed E-state index contributed by atoms with van der Waals surface area (Å²) >= 11 is 0. The van der Waals surface area contributed by atoms with Gasteiger partial charge in [0.15, 0.2) is 6.61 Å². The van der Waals surface area contributed by atoms with Gasteiger partial charge in [-0.05, 0) is 43.9 Å². The molecular weight excluding hydrogens is 304 g/mol. The molecule has 1 aromatic rings. The van der Waals surface area contributed by atoms with Crippen LogP contribution in [0.5, 0.6) is 11.5 Å². The molecule has 5 nitrogen and oxygen atoms in total. The average molecular weight is 332 g/mol. The summed E-state index contributed by atoms with van der Waals surface area (Å²) in [6.45, 7) is 6.32. The topological polar surface area (TPSA) is 42.0 Å². The number of benzene rings is 1. The number of piperidine rings is 1. The number of carbonyl (C=O) groups is 1. The lowest BCUT2D eigenvalue weighted by atomic mass is 9.95. The van der Waals surface area contributed by atoms with E-state index in [9.17, 15) is 4.79 Å². The van der Waals surface area contributed by atoms with Crippen molar-refractivity contribution in [2.75, 3.05) is 39.9 Å². The van der Waals surface area contributed by atoms with Crippen LogP contribution < -0.4 is 9.47 Å². The van der Waals surface area contributed by atoms with Gasteiger partial charge < -0.3 is 14.4 Å². The fourth-order valence-electron chi connectivity index (χ4n) is 3.87. The summed E-state index contributed by atoms with van der Waals surface area (Å²) < 4.78 is 10.9. The minimum absolute atomic E-state index is 0.0908. The van der Waals surface area contributed by atoms with Gasteiger partial charge in [-0.15, -0.1) is 0 Å². The van der Waals surface area contributed by atoms with E-state index in [4.69, 9.17) is 9.47 Å². The van der Waals surface area contributed by atoms with Gasteiger partial charge >= 0.3 is 0 Å². The number of rotatable bonds is 6. The fraction of sp³-hybridized carbons (Fsp3) is 0.632. The minimum Gasteiger partial charge on any atom is -0.497 e. The van der Waals surface area contributed by atoms with E-state index < -0.39 is 0 Å². The van der Waals surface area contributed by atoms with Gasteiger partial charge in [-0.1, -0.05) is 13.0 Å². The third-order valence-electron chi connectivity index (χ3n) is 5.09. The van der Waals surface area contributed by atoms with Crippen molar-refractivity contribution in [3.05, 3.63) is 24.3 Å². The number of methoxy groups -OCH3 is 1. The number of fused-ring (bicyclic) bond motifs is 4. The van der Waals surface area contributed by atoms with Crippen molar-refractivity contribution in [3.63, 3.8) is 0 Å². The SMILES string of the molecule is CCCN1C[C@H]2CC[C@@H]1CN(C(=O)COc1cccc(OC)c1)C2. The van der Waals surface area contributed by atoms with E-state index in [1.54, 1.807) is 7.11 Å². The number of ether oxygens (including phenoxy) is 2. The van der Waals surface area contributed by atoms with Gasteiger partial charge in [-0.3, -0.25) is 9.69 Å². The Bertz CT molecular complexity index is 563. The van der Waals surface area contributed by atoms with Crippen molar-refractivity contribution in [1.82, 2.24) is 9.80 Å². The van der Waals surface area contributed by atoms with Crippen LogP contribution in [0.15, 0.2) is 24.3 Å². The minimum atomic E-state index is 0.0908. The zero-order chi connectivity index (χ0) is 16.9. The lowest BCUT2D eigenvalue weighted by Crippen LogP contribution is -2.45. The quantitative estimate of drug-likeness (QED) is 0.802. The van der Waals surface area contributed by atoms with Crippen molar-refractivity contribution in [3.8, 4) is 11.5 Å². The third-order valence-corrected chi connectivity index (χ3v) is 5.09. The van der Waals surface area contributed by atoms with Gasteiger partial charge in [0.1, 0.15) is 11.5 Å². The zero-order valence-electron chi connectivity index (χ0n) is 14.7. The van der Waals surface area contributed by atoms with Gasteiger partial charge in [0.25, 0.3) is 5.91 Å². The van der Waals surface area contributed by atoms with Crippen LogP contribution in [0.3, 0.4) is 0 Å². The van der Waals surface area contributed by atoms with Crippen molar-refractivity contribution < 1.29 is 14.3 Å². The van der Waals surface area contributed by atoms with Gasteiger partial charge in [-0.25, -0.2) is 0 Å². The molecule has 2 bridgehead atoms. The van der Waals surface area contributed by atoms with Gasteiger partial charge in [0.05, 0.1) is 7.11 Å². The molecule has 3 aliphatic rings. The number of carbonyl (C=O) groups excluding carboxylic acids is 1. The molecule has 0 aromatic heterocycles. The molecule has 4 rings (SSSR count). The molecule has 0 aliphatic carbocycles. The molecule has 0 radical (unpaired) electrons. The molecule has 3 aliphatic heterocycles. The molecule has 1 aromatic carbocycles. The number of hydrogen-bond donors (Lipinski definition) is 0. The van der Waals surface area contributed by atoms with E-state index >= 15 is 0 Å². The number of nitrogens with zero attached hydrogens (tertiary/aromatic N) is 2. The molecule has 3 heterocycles. The Morgan fingerprint density at radius 1 is 1.21 bits per heavy atom. The normalized spacial score (nSPS) is 23.8. The van der Waals surface area contributed by atoms with E-state index in [1.807, 2.05) is 29.2 Å². The maximum Gasteiger partial charge on any atom is 0.260 e. The van der Waals surface area contributed by atoms with Crippen LogP contribution in [0.4, 0.5) is 0 Å². The first-order chi connectivity index (χ1) is 11.7. The van der Waals surface area contributed by atoms with E-state index in [2.05, 4.69) is 11.8 Å². The predicted molar refractivity (Wildman–Crippen MR) is 93.4 cm³/mol. The predicted octanol–water partition coefficient (Wildman–Crippen LogP) is 2.41. The maximum atomic E-state index is 12.6. The first kappa shape index (κ1) is 17.1. The second-order valence-electron chi connectivity index (χ2n) is 6.86. The molecular formula is C19H28N2O3. The lowest BCUT2D eigenvalue weighted by molar-refractivity contribution is -0.133. The molecule has 0 N–H and O–H groups in total. The molecule has 3 saturated heterocycles. The average Bonchev–Trinajstić information content (AvgIpc) is 2.92. The monoisotopic (exact) mass is 332 g/mol. The first-order valence-electron chi connectivity index (χ1n) is 8.98. The first-order valence-corrected chi connectivity index (χ1v) is 8.98. The van der Waals surface area contributed by atoms with Gasteiger partial charge in [0.2, 0.25) is 0 Å². The Morgan fingerprint density at radius 2 is 2.04 bits per heavy atom. The highest BCUT2D eigenvalue weighted by atomic mass is 16.5. The summed E-state index contributed by atoms with van der Waals surface area (Å²) in [7, 11) is 1.62. The lowest BCUT2D eigenvalue weighted by Gasteiger charge is -2.35. The van der Waals surface area contributed by atoms with Crippen LogP contribution >= 0.6 is 0 Å². The van der Waals surface area contributed by atoms with Gasteiger partial charge in [-0.2, -0.15) is 0 Å². The molecule has 2 atom stereocenters. The molecule has 0 saturated carbocycles. The summed E-state index contributed by atoms with van der Waals surface area (Å²) in [5.74, 6) is 2.11. The van der Waals surface area contributed by atoms with Crippen LogP contribution in [-0.4, -0.2) is 61.6 Å². The van der Waals surface area contributed by atoms with E-state index in [0.29, 0.717) is 17.7 Å². The highest BCUT2D eigenvalue weighted by molar-refractivity contribution is 5.78. The molecule has 24 heavy (non-hydrogen) atoms. The van der Waals surface area contributed by atoms with Crippen molar-refractivity contribution in [2.45, 2.75) is 32.2 Å². The fourth-order valence-corrected chi connectivity index (χ4v) is 3.87. The number of amides is 1. The largest absolute Gasteiger partial charge is 0.497 e. The Labute approximate surface area is 144 Å². The standard InChI is InChI=1S/C19H28N2O3/c1-3-9-20-11-15-7-8-16(20)13-21(12-15)19(22)14-24-18-6-4-5-17(10-18)23-2/h4-6,10,15-16H,3,7-9,11-14H2,1-2H3/t15-,16-/m1/s1. The van der Waals surface area contributed by atoms with Crippen molar-refractivity contribution in [2.24, 2.45) is 5.92 Å². The Balaban J connectivity index is 1.57. The summed E-state index contributed by atoms with van der Waals surface area (Å²) in [4.78, 5) is 17.2. The highest BCUT2D eigenvalue weighted by Gasteiger charge is 2.35. The van der Waals surface area contributed by atoms with Crippen LogP contribution in [0.1, 0.15) is 26.2 Å². The molecule has 0 spiro atoms. The van der Waals surface area contributed by atoms with Crippen LogP contribution in [0, 0.1) is 5.92 Å². The zero-order valence-corrected chi connectivity index (χ0v) is 14.7. The third kappa shape index (κ3) is 4.01. The van der Waals surface area contributed by atoms with E-state index in [0.717, 1.165) is 31.9 Å². The molecule has 0 unspecified atom stereocenters. The molecule has 1 amide bonds. The Morgan fingerprint density at radius 3 is 2.83 bits per heavy atom. The highest BCUT2D eigenvalue weighted by Crippen LogP contribution is 2.28. The van der Waals surface area contributed by atoms with Crippen LogP contribution in [0.25, 0.3) is 0 Å². The van der Waals surface area contributed by atoms with Crippen molar-refractivity contribution >= 4 is 5.91 Å². The summed E-state index contributed by atoms with van der Waals surface area (Å²) in [5.41, 5.74) is 0. The molecule has 132 valence electrons. The summed E-state index contributed by atoms with van der Waals surface area (Å²) in [6, 6.07) is 7.91. The molecule has 3 fully saturated rings. The number of hydrogen-bond acceptors (Lipinski definition) is 4. The van der Waals surface area contributed by atoms with Crippen LogP contribution in [0.2, 0.25) is 0 Å². The van der Waals surface area contributed by atoms with Crippen LogP contribution in [-0.2, 0) is 4.79 Å². The van der Waals surface area contributed by atoms with E-state index in [1.165, 1.54) is 19.3 Å². The Kier molecular flexibility index (Phi) is 5.61. The van der Waals surface area contributed by atoms with Gasteiger partial charge in [0, 0.05) is 31.7 Å². The van der Waals surface area contributed by atoms with E-state index in [-0.39, 0.29) is 12.5 Å². The van der Waals surface area contributed by atoms with Crippen molar-refractivity contribution in [1.29, 1.82) is 0 Å². The second-order valence-corrected chi connectivity index (χ2v) is 6.86. The summed E-state index contributed by atoms with van der Waals surface area (Å²) in [6.07, 6.45) is 3.63. The maximum absolute atomic E-state index is 12.6. The summed E-state index contributed by atoms with van der Waals surface area (Å²) in [5, 5.41) is 0. The molecule has 5 heteroatoms. The Hall–Kier alpha value is -1.75.